The van der Waals surface area contributed by atoms with Gasteiger partial charge in [0.2, 0.25) is 0 Å². The van der Waals surface area contributed by atoms with Crippen LogP contribution in [0.25, 0.3) is 0 Å². The largest absolute Gasteiger partial charge is 0.464 e. The summed E-state index contributed by atoms with van der Waals surface area (Å²) in [5.41, 5.74) is 0. The summed E-state index contributed by atoms with van der Waals surface area (Å²) >= 11 is 0. The van der Waals surface area contributed by atoms with E-state index in [-0.39, 0.29) is 18.0 Å². The lowest BCUT2D eigenvalue weighted by Crippen LogP contribution is -2.49. The molecule has 1 heterocycles. The monoisotopic (exact) mass is 285 g/mol. The topological polar surface area (TPSA) is 73.9 Å². The Morgan fingerprint density at radius 3 is 2.70 bits per heavy atom. The van der Waals surface area contributed by atoms with E-state index in [1.165, 1.54) is 20.0 Å². The second-order valence-corrected chi connectivity index (χ2v) is 5.40. The number of alkyl carbamates (subject to hydrolysis) is 1. The number of esters is 1. The number of rotatable bonds is 5. The van der Waals surface area contributed by atoms with Crippen molar-refractivity contribution in [2.24, 2.45) is 11.8 Å². The van der Waals surface area contributed by atoms with E-state index >= 15 is 0 Å². The fourth-order valence-corrected chi connectivity index (χ4v) is 2.74. The smallest absolute Gasteiger partial charge is 0.407 e. The minimum atomic E-state index is -0.646. The first-order valence-electron chi connectivity index (χ1n) is 7.28. The second kappa shape index (κ2) is 6.92. The van der Waals surface area contributed by atoms with E-state index in [0.717, 1.165) is 12.8 Å². The Labute approximate surface area is 119 Å². The van der Waals surface area contributed by atoms with Gasteiger partial charge >= 0.3 is 12.1 Å². The van der Waals surface area contributed by atoms with Crippen LogP contribution in [0, 0.1) is 11.8 Å². The molecule has 1 N–H and O–H groups in total. The Hall–Kier alpha value is -1.30. The maximum absolute atomic E-state index is 12.1. The van der Waals surface area contributed by atoms with E-state index in [1.807, 2.05) is 0 Å². The highest BCUT2D eigenvalue weighted by Crippen LogP contribution is 2.40. The molecule has 1 saturated carbocycles. The number of methoxy groups -OCH3 is 1. The van der Waals surface area contributed by atoms with Crippen molar-refractivity contribution in [3.8, 4) is 0 Å². The maximum atomic E-state index is 12.1. The van der Waals surface area contributed by atoms with Gasteiger partial charge in [0.05, 0.1) is 19.8 Å². The van der Waals surface area contributed by atoms with Crippen molar-refractivity contribution in [3.05, 3.63) is 0 Å². The lowest BCUT2D eigenvalue weighted by molar-refractivity contribution is -0.148. The summed E-state index contributed by atoms with van der Waals surface area (Å²) in [6, 6.07) is -0.646. The first-order valence-corrected chi connectivity index (χ1v) is 7.28. The highest BCUT2D eigenvalue weighted by atomic mass is 16.5. The third kappa shape index (κ3) is 3.85. The molecule has 0 radical (unpaired) electrons. The van der Waals surface area contributed by atoms with E-state index in [0.29, 0.717) is 19.1 Å². The summed E-state index contributed by atoms with van der Waals surface area (Å²) in [5.74, 6) is 0.283. The van der Waals surface area contributed by atoms with Crippen molar-refractivity contribution in [2.45, 2.75) is 44.8 Å². The molecule has 2 aliphatic rings. The van der Waals surface area contributed by atoms with Crippen LogP contribution in [-0.2, 0) is 19.0 Å². The Bertz CT molecular complexity index is 355. The summed E-state index contributed by atoms with van der Waals surface area (Å²) in [5, 5.41) is 2.61. The minimum absolute atomic E-state index is 0.0486. The standard InChI is InChI=1S/C14H23NO5/c1-3-19-13(16)12(15-14(17)18-2)10-6-7-20-11(8-10)9-4-5-9/h9-12H,3-8H2,1-2H3,(H,15,17)/t10-,11?,12+/m1/s1. The van der Waals surface area contributed by atoms with Crippen molar-refractivity contribution in [1.29, 1.82) is 0 Å². The lowest BCUT2D eigenvalue weighted by atomic mass is 9.87. The molecule has 2 rings (SSSR count). The Balaban J connectivity index is 1.99. The molecular weight excluding hydrogens is 262 g/mol. The molecule has 6 heteroatoms. The first-order chi connectivity index (χ1) is 9.65. The first kappa shape index (κ1) is 15.1. The molecule has 6 nitrogen and oxygen atoms in total. The Morgan fingerprint density at radius 2 is 2.10 bits per heavy atom. The van der Waals surface area contributed by atoms with E-state index in [1.54, 1.807) is 6.92 Å². The van der Waals surface area contributed by atoms with Gasteiger partial charge in [-0.2, -0.15) is 0 Å². The van der Waals surface area contributed by atoms with Gasteiger partial charge in [0, 0.05) is 6.61 Å². The second-order valence-electron chi connectivity index (χ2n) is 5.40. The van der Waals surface area contributed by atoms with Gasteiger partial charge in [0.25, 0.3) is 0 Å². The summed E-state index contributed by atoms with van der Waals surface area (Å²) < 4.78 is 15.4. The molecule has 0 spiro atoms. The third-order valence-corrected chi connectivity index (χ3v) is 3.97. The number of carbonyl (C=O) groups is 2. The molecular formula is C14H23NO5. The van der Waals surface area contributed by atoms with Gasteiger partial charge in [-0.1, -0.05) is 0 Å². The molecule has 3 atom stereocenters. The Kier molecular flexibility index (Phi) is 5.23. The van der Waals surface area contributed by atoms with Gasteiger partial charge in [-0.05, 0) is 44.4 Å². The minimum Gasteiger partial charge on any atom is -0.464 e. The van der Waals surface area contributed by atoms with Crippen molar-refractivity contribution in [2.75, 3.05) is 20.3 Å². The van der Waals surface area contributed by atoms with E-state index < -0.39 is 12.1 Å². The molecule has 114 valence electrons. The van der Waals surface area contributed by atoms with Crippen molar-refractivity contribution >= 4 is 12.1 Å². The van der Waals surface area contributed by atoms with Gasteiger partial charge in [-0.25, -0.2) is 9.59 Å². The van der Waals surface area contributed by atoms with Crippen LogP contribution < -0.4 is 5.32 Å². The zero-order chi connectivity index (χ0) is 14.5. The number of hydrogen-bond acceptors (Lipinski definition) is 5. The molecule has 0 aromatic rings. The van der Waals surface area contributed by atoms with Crippen LogP contribution in [0.1, 0.15) is 32.6 Å². The maximum Gasteiger partial charge on any atom is 0.407 e. The van der Waals surface area contributed by atoms with E-state index in [9.17, 15) is 9.59 Å². The summed E-state index contributed by atoms with van der Waals surface area (Å²) in [6.07, 6.45) is 3.55. The fraction of sp³-hybridized carbons (Fsp3) is 0.857. The molecule has 0 aromatic carbocycles. The van der Waals surface area contributed by atoms with Gasteiger partial charge in [0.15, 0.2) is 0 Å². The average Bonchev–Trinajstić information content (AvgIpc) is 3.29. The van der Waals surface area contributed by atoms with Crippen LogP contribution in [0.2, 0.25) is 0 Å². The summed E-state index contributed by atoms with van der Waals surface area (Å²) in [7, 11) is 1.29. The van der Waals surface area contributed by atoms with Crippen LogP contribution in [0.5, 0.6) is 0 Å². The molecule has 0 aromatic heterocycles. The van der Waals surface area contributed by atoms with Crippen LogP contribution >= 0.6 is 0 Å². The number of hydrogen-bond donors (Lipinski definition) is 1. The van der Waals surface area contributed by atoms with Crippen LogP contribution in [0.15, 0.2) is 0 Å². The van der Waals surface area contributed by atoms with Gasteiger partial charge in [0.1, 0.15) is 6.04 Å². The summed E-state index contributed by atoms with van der Waals surface area (Å²) in [4.78, 5) is 23.5. The molecule has 1 aliphatic carbocycles. The van der Waals surface area contributed by atoms with Crippen LogP contribution in [0.4, 0.5) is 4.79 Å². The number of amides is 1. The molecule has 1 unspecified atom stereocenters. The third-order valence-electron chi connectivity index (χ3n) is 3.97. The predicted molar refractivity (Wildman–Crippen MR) is 71.1 cm³/mol. The van der Waals surface area contributed by atoms with Gasteiger partial charge in [-0.15, -0.1) is 0 Å². The molecule has 2 fully saturated rings. The van der Waals surface area contributed by atoms with Crippen molar-refractivity contribution in [3.63, 3.8) is 0 Å². The highest BCUT2D eigenvalue weighted by molar-refractivity contribution is 5.81. The zero-order valence-electron chi connectivity index (χ0n) is 12.1. The molecule has 20 heavy (non-hydrogen) atoms. The Morgan fingerprint density at radius 1 is 1.35 bits per heavy atom. The van der Waals surface area contributed by atoms with Crippen molar-refractivity contribution < 1.29 is 23.8 Å². The SMILES string of the molecule is CCOC(=O)[C@@H](NC(=O)OC)[C@@H]1CCOC(C2CC2)C1. The zero-order valence-corrected chi connectivity index (χ0v) is 12.1. The molecule has 1 saturated heterocycles. The number of carbonyl (C=O) groups excluding carboxylic acids is 2. The van der Waals surface area contributed by atoms with Gasteiger partial charge in [-0.3, -0.25) is 0 Å². The normalized spacial score (nSPS) is 27.5. The molecule has 0 bridgehead atoms. The lowest BCUT2D eigenvalue weighted by Gasteiger charge is -2.33. The van der Waals surface area contributed by atoms with E-state index in [4.69, 9.17) is 9.47 Å². The average molecular weight is 285 g/mol. The summed E-state index contributed by atoms with van der Waals surface area (Å²) in [6.45, 7) is 2.68. The van der Waals surface area contributed by atoms with E-state index in [2.05, 4.69) is 10.1 Å². The molecule has 1 aliphatic heterocycles. The van der Waals surface area contributed by atoms with Gasteiger partial charge < -0.3 is 19.5 Å². The fourth-order valence-electron chi connectivity index (χ4n) is 2.74. The van der Waals surface area contributed by atoms with Crippen LogP contribution in [-0.4, -0.2) is 44.5 Å². The highest BCUT2D eigenvalue weighted by Gasteiger charge is 2.40. The van der Waals surface area contributed by atoms with Crippen LogP contribution in [0.3, 0.4) is 0 Å². The molecule has 1 amide bonds. The quantitative estimate of drug-likeness (QED) is 0.774. The van der Waals surface area contributed by atoms with Crippen molar-refractivity contribution in [1.82, 2.24) is 5.32 Å². The number of nitrogens with one attached hydrogen (secondary N) is 1. The number of ether oxygens (including phenoxy) is 3. The predicted octanol–water partition coefficient (Wildman–Crippen LogP) is 1.48.